The first-order valence-electron chi connectivity index (χ1n) is 5.85. The van der Waals surface area contributed by atoms with E-state index in [0.29, 0.717) is 12.0 Å². The van der Waals surface area contributed by atoms with Crippen molar-refractivity contribution in [3.05, 3.63) is 11.6 Å². The van der Waals surface area contributed by atoms with Gasteiger partial charge in [-0.25, -0.2) is 0 Å². The summed E-state index contributed by atoms with van der Waals surface area (Å²) in [6.45, 7) is 8.51. The fourth-order valence-electron chi connectivity index (χ4n) is 2.46. The quantitative estimate of drug-likeness (QED) is 0.800. The first kappa shape index (κ1) is 10.6. The predicted octanol–water partition coefficient (Wildman–Crippen LogP) is 1.46. The van der Waals surface area contributed by atoms with Crippen LogP contribution in [0.2, 0.25) is 0 Å². The van der Waals surface area contributed by atoms with Crippen LogP contribution in [0.1, 0.15) is 44.3 Å². The van der Waals surface area contributed by atoms with Crippen molar-refractivity contribution < 1.29 is 0 Å². The van der Waals surface area contributed by atoms with Gasteiger partial charge in [-0.05, 0) is 40.2 Å². The lowest BCUT2D eigenvalue weighted by molar-refractivity contribution is 0.363. The highest BCUT2D eigenvalue weighted by Gasteiger charge is 2.24. The van der Waals surface area contributed by atoms with Gasteiger partial charge in [-0.1, -0.05) is 0 Å². The zero-order chi connectivity index (χ0) is 10.8. The normalized spacial score (nSPS) is 26.9. The summed E-state index contributed by atoms with van der Waals surface area (Å²) in [5, 5.41) is 12.0. The molecule has 0 amide bonds. The Balaban J connectivity index is 2.20. The summed E-state index contributed by atoms with van der Waals surface area (Å²) < 4.78 is 2.24. The molecule has 0 spiro atoms. The van der Waals surface area contributed by atoms with Gasteiger partial charge in [0.2, 0.25) is 0 Å². The highest BCUT2D eigenvalue weighted by Crippen LogP contribution is 2.26. The summed E-state index contributed by atoms with van der Waals surface area (Å²) in [5.74, 6) is 2.81. The summed E-state index contributed by atoms with van der Waals surface area (Å²) in [5.41, 5.74) is 0. The van der Waals surface area contributed by atoms with Crippen LogP contribution in [0, 0.1) is 6.92 Å². The summed E-state index contributed by atoms with van der Waals surface area (Å²) in [6.07, 6.45) is 2.36. The minimum absolute atomic E-state index is 0.586. The molecule has 1 aromatic heterocycles. The highest BCUT2D eigenvalue weighted by molar-refractivity contribution is 5.03. The van der Waals surface area contributed by atoms with E-state index < -0.39 is 0 Å². The Bertz CT molecular complexity index is 331. The van der Waals surface area contributed by atoms with Crippen molar-refractivity contribution in [2.24, 2.45) is 0 Å². The van der Waals surface area contributed by atoms with Crippen LogP contribution in [0.3, 0.4) is 0 Å². The first-order valence-corrected chi connectivity index (χ1v) is 5.85. The van der Waals surface area contributed by atoms with Crippen LogP contribution in [0.5, 0.6) is 0 Å². The number of rotatable bonds is 2. The monoisotopic (exact) mass is 208 g/mol. The molecule has 4 heteroatoms. The third-order valence-electron chi connectivity index (χ3n) is 3.27. The summed E-state index contributed by atoms with van der Waals surface area (Å²) in [4.78, 5) is 0. The number of aryl methyl sites for hydroxylation is 1. The minimum Gasteiger partial charge on any atom is -0.315 e. The Morgan fingerprint density at radius 3 is 2.93 bits per heavy atom. The third kappa shape index (κ3) is 2.04. The van der Waals surface area contributed by atoms with Crippen LogP contribution in [-0.2, 0) is 6.54 Å². The lowest BCUT2D eigenvalue weighted by atomic mass is 9.92. The van der Waals surface area contributed by atoms with Crippen molar-refractivity contribution >= 4 is 0 Å². The topological polar surface area (TPSA) is 42.7 Å². The molecule has 0 radical (unpaired) electrons. The highest BCUT2D eigenvalue weighted by atomic mass is 15.3. The molecule has 0 aromatic carbocycles. The average molecular weight is 208 g/mol. The van der Waals surface area contributed by atoms with Gasteiger partial charge >= 0.3 is 0 Å². The van der Waals surface area contributed by atoms with Crippen LogP contribution in [0.4, 0.5) is 0 Å². The number of piperidine rings is 1. The Hall–Kier alpha value is -0.900. The lowest BCUT2D eigenvalue weighted by Gasteiger charge is -2.27. The van der Waals surface area contributed by atoms with Gasteiger partial charge in [0.15, 0.2) is 0 Å². The largest absolute Gasteiger partial charge is 0.315 e. The first-order chi connectivity index (χ1) is 7.22. The van der Waals surface area contributed by atoms with Gasteiger partial charge in [0.05, 0.1) is 0 Å². The Labute approximate surface area is 91.1 Å². The standard InChI is InChI=1S/C11H20N4/c1-4-15-9(3)13-14-11(15)10-5-6-12-8(2)7-10/h8,10,12H,4-7H2,1-3H3. The fourth-order valence-corrected chi connectivity index (χ4v) is 2.46. The molecule has 0 saturated carbocycles. The molecule has 0 bridgehead atoms. The van der Waals surface area contributed by atoms with Gasteiger partial charge in [-0.3, -0.25) is 0 Å². The molecule has 84 valence electrons. The fraction of sp³-hybridized carbons (Fsp3) is 0.818. The SMILES string of the molecule is CCn1c(C)nnc1C1CCNC(C)C1. The van der Waals surface area contributed by atoms with E-state index in [4.69, 9.17) is 0 Å². The van der Waals surface area contributed by atoms with Crippen LogP contribution < -0.4 is 5.32 Å². The molecule has 1 fully saturated rings. The molecule has 2 unspecified atom stereocenters. The molecule has 1 aliphatic heterocycles. The summed E-state index contributed by atoms with van der Waals surface area (Å²) in [7, 11) is 0. The molecule has 1 saturated heterocycles. The zero-order valence-corrected chi connectivity index (χ0v) is 9.82. The van der Waals surface area contributed by atoms with E-state index in [9.17, 15) is 0 Å². The molecule has 4 nitrogen and oxygen atoms in total. The molecule has 0 aliphatic carbocycles. The molecular formula is C11H20N4. The smallest absolute Gasteiger partial charge is 0.136 e. The van der Waals surface area contributed by atoms with E-state index in [1.807, 2.05) is 6.92 Å². The Morgan fingerprint density at radius 2 is 2.27 bits per heavy atom. The van der Waals surface area contributed by atoms with Crippen molar-refractivity contribution in [2.45, 2.75) is 52.1 Å². The minimum atomic E-state index is 0.586. The number of nitrogens with zero attached hydrogens (tertiary/aromatic N) is 3. The van der Waals surface area contributed by atoms with E-state index in [0.717, 1.165) is 18.9 Å². The maximum absolute atomic E-state index is 4.33. The Kier molecular flexibility index (Phi) is 3.05. The number of aromatic nitrogens is 3. The predicted molar refractivity (Wildman–Crippen MR) is 59.9 cm³/mol. The van der Waals surface area contributed by atoms with Crippen LogP contribution in [0.15, 0.2) is 0 Å². The molecule has 1 aliphatic rings. The van der Waals surface area contributed by atoms with Gasteiger partial charge in [0.1, 0.15) is 11.6 Å². The molecule has 1 aromatic rings. The number of hydrogen-bond acceptors (Lipinski definition) is 3. The molecule has 2 rings (SSSR count). The molecular weight excluding hydrogens is 188 g/mol. The maximum atomic E-state index is 4.33. The van der Waals surface area contributed by atoms with E-state index in [1.165, 1.54) is 18.7 Å². The van der Waals surface area contributed by atoms with Gasteiger partial charge in [-0.2, -0.15) is 0 Å². The molecule has 15 heavy (non-hydrogen) atoms. The average Bonchev–Trinajstić information content (AvgIpc) is 2.59. The van der Waals surface area contributed by atoms with Gasteiger partial charge in [-0.15, -0.1) is 10.2 Å². The van der Waals surface area contributed by atoms with E-state index in [1.54, 1.807) is 0 Å². The van der Waals surface area contributed by atoms with Gasteiger partial charge in [0.25, 0.3) is 0 Å². The van der Waals surface area contributed by atoms with Crippen LogP contribution in [-0.4, -0.2) is 27.4 Å². The lowest BCUT2D eigenvalue weighted by Crippen LogP contribution is -2.35. The Morgan fingerprint density at radius 1 is 1.47 bits per heavy atom. The van der Waals surface area contributed by atoms with E-state index in [2.05, 4.69) is 33.9 Å². The second-order valence-electron chi connectivity index (χ2n) is 4.43. The second kappa shape index (κ2) is 4.31. The number of hydrogen-bond donors (Lipinski definition) is 1. The van der Waals surface area contributed by atoms with Crippen molar-refractivity contribution in [1.29, 1.82) is 0 Å². The van der Waals surface area contributed by atoms with Gasteiger partial charge in [0, 0.05) is 18.5 Å². The van der Waals surface area contributed by atoms with Gasteiger partial charge < -0.3 is 9.88 Å². The van der Waals surface area contributed by atoms with Crippen molar-refractivity contribution in [3.63, 3.8) is 0 Å². The van der Waals surface area contributed by atoms with E-state index in [-0.39, 0.29) is 0 Å². The van der Waals surface area contributed by atoms with E-state index >= 15 is 0 Å². The van der Waals surface area contributed by atoms with Crippen molar-refractivity contribution in [2.75, 3.05) is 6.54 Å². The maximum Gasteiger partial charge on any atom is 0.136 e. The third-order valence-corrected chi connectivity index (χ3v) is 3.27. The van der Waals surface area contributed by atoms with Crippen LogP contribution in [0.25, 0.3) is 0 Å². The molecule has 1 N–H and O–H groups in total. The second-order valence-corrected chi connectivity index (χ2v) is 4.43. The zero-order valence-electron chi connectivity index (χ0n) is 9.82. The van der Waals surface area contributed by atoms with Crippen molar-refractivity contribution in [3.8, 4) is 0 Å². The number of nitrogens with one attached hydrogen (secondary N) is 1. The molecule has 2 atom stereocenters. The molecule has 2 heterocycles. The summed E-state index contributed by atoms with van der Waals surface area (Å²) >= 11 is 0. The summed E-state index contributed by atoms with van der Waals surface area (Å²) in [6, 6.07) is 0.603. The van der Waals surface area contributed by atoms with Crippen LogP contribution >= 0.6 is 0 Å². The van der Waals surface area contributed by atoms with Crippen molar-refractivity contribution in [1.82, 2.24) is 20.1 Å².